The molecule has 0 unspecified atom stereocenters. The molecule has 0 aliphatic carbocycles. The molecule has 5 heteroatoms. The van der Waals surface area contributed by atoms with Crippen LogP contribution < -0.4 is 5.73 Å². The van der Waals surface area contributed by atoms with Gasteiger partial charge in [-0.05, 0) is 13.1 Å². The van der Waals surface area contributed by atoms with Gasteiger partial charge in [-0.25, -0.2) is 0 Å². The molecule has 0 spiro atoms. The SMILES string of the molecule is C=C/C=C\C(=C)OC(F)(F)F.CN. The maximum atomic E-state index is 11.4. The highest BCUT2D eigenvalue weighted by atomic mass is 19.4. The summed E-state index contributed by atoms with van der Waals surface area (Å²) in [6, 6.07) is 0. The van der Waals surface area contributed by atoms with Crippen molar-refractivity contribution in [3.8, 4) is 0 Å². The van der Waals surface area contributed by atoms with Gasteiger partial charge in [0.2, 0.25) is 0 Å². The summed E-state index contributed by atoms with van der Waals surface area (Å²) in [4.78, 5) is 0. The Morgan fingerprint density at radius 1 is 1.38 bits per heavy atom. The summed E-state index contributed by atoms with van der Waals surface area (Å²) in [5.41, 5.74) is 4.50. The van der Waals surface area contributed by atoms with E-state index in [4.69, 9.17) is 0 Å². The van der Waals surface area contributed by atoms with Crippen molar-refractivity contribution >= 4 is 0 Å². The van der Waals surface area contributed by atoms with Crippen LogP contribution in [0.4, 0.5) is 13.2 Å². The minimum atomic E-state index is -4.66. The minimum Gasteiger partial charge on any atom is -0.406 e. The lowest BCUT2D eigenvalue weighted by molar-refractivity contribution is -0.303. The van der Waals surface area contributed by atoms with Crippen molar-refractivity contribution in [3.05, 3.63) is 37.1 Å². The third-order valence-corrected chi connectivity index (χ3v) is 0.665. The van der Waals surface area contributed by atoms with Gasteiger partial charge in [0.1, 0.15) is 5.76 Å². The molecule has 0 fully saturated rings. The molecular formula is C8H12F3NO. The lowest BCUT2D eigenvalue weighted by Crippen LogP contribution is -2.11. The molecule has 13 heavy (non-hydrogen) atoms. The molecule has 2 N–H and O–H groups in total. The number of allylic oxidation sites excluding steroid dienone is 3. The fraction of sp³-hybridized carbons (Fsp3) is 0.250. The molecule has 76 valence electrons. The van der Waals surface area contributed by atoms with Gasteiger partial charge in [-0.2, -0.15) is 0 Å². The van der Waals surface area contributed by atoms with Gasteiger partial charge in [-0.1, -0.05) is 25.3 Å². The van der Waals surface area contributed by atoms with E-state index in [1.54, 1.807) is 0 Å². The molecule has 0 aliphatic heterocycles. The molecule has 0 aromatic heterocycles. The topological polar surface area (TPSA) is 35.2 Å². The smallest absolute Gasteiger partial charge is 0.406 e. The van der Waals surface area contributed by atoms with Gasteiger partial charge in [-0.15, -0.1) is 13.2 Å². The predicted molar refractivity (Wildman–Crippen MR) is 45.7 cm³/mol. The first-order valence-electron chi connectivity index (χ1n) is 3.27. The molecule has 0 rings (SSSR count). The molecule has 0 aromatic rings. The quantitative estimate of drug-likeness (QED) is 0.554. The molecule has 0 radical (unpaired) electrons. The summed E-state index contributed by atoms with van der Waals surface area (Å²) in [5, 5.41) is 0. The zero-order valence-electron chi connectivity index (χ0n) is 7.27. The second-order valence-corrected chi connectivity index (χ2v) is 1.61. The molecule has 0 aliphatic rings. The summed E-state index contributed by atoms with van der Waals surface area (Å²) in [7, 11) is 1.50. The van der Waals surface area contributed by atoms with Crippen molar-refractivity contribution in [1.82, 2.24) is 0 Å². The van der Waals surface area contributed by atoms with Gasteiger partial charge in [0, 0.05) is 0 Å². The van der Waals surface area contributed by atoms with Crippen LogP contribution in [0.1, 0.15) is 0 Å². The molecule has 2 nitrogen and oxygen atoms in total. The Hall–Kier alpha value is -1.23. The summed E-state index contributed by atoms with van der Waals surface area (Å²) in [6.07, 6.45) is -0.970. The Bertz CT molecular complexity index is 184. The third kappa shape index (κ3) is 13.7. The molecule has 0 aromatic carbocycles. The lowest BCUT2D eigenvalue weighted by Gasteiger charge is -2.06. The van der Waals surface area contributed by atoms with Gasteiger partial charge in [0.15, 0.2) is 0 Å². The summed E-state index contributed by atoms with van der Waals surface area (Å²) in [6.45, 7) is 6.27. The Kier molecular flexibility index (Phi) is 8.16. The number of halogens is 3. The number of ether oxygens (including phenoxy) is 1. The number of rotatable bonds is 3. The van der Waals surface area contributed by atoms with Crippen LogP contribution in [0, 0.1) is 0 Å². The Balaban J connectivity index is 0. The van der Waals surface area contributed by atoms with Crippen molar-refractivity contribution in [2.75, 3.05) is 7.05 Å². The standard InChI is InChI=1S/C7H7F3O.CH5N/c1-3-4-5-6(2)11-7(8,9)10;1-2/h3-5H,1-2H2;2H2,1H3/b5-4-;. The molecule has 0 amide bonds. The van der Waals surface area contributed by atoms with Crippen LogP contribution in [0.3, 0.4) is 0 Å². The fourth-order valence-electron chi connectivity index (χ4n) is 0.358. The normalized spacial score (nSPS) is 10.2. The number of alkyl halides is 3. The van der Waals surface area contributed by atoms with Crippen LogP contribution in [0.25, 0.3) is 0 Å². The Morgan fingerprint density at radius 2 is 1.85 bits per heavy atom. The van der Waals surface area contributed by atoms with Crippen LogP contribution in [-0.2, 0) is 4.74 Å². The number of hydrogen-bond donors (Lipinski definition) is 1. The van der Waals surface area contributed by atoms with E-state index >= 15 is 0 Å². The zero-order chi connectivity index (χ0) is 10.9. The van der Waals surface area contributed by atoms with Crippen molar-refractivity contribution in [1.29, 1.82) is 0 Å². The van der Waals surface area contributed by atoms with E-state index in [1.807, 2.05) is 0 Å². The summed E-state index contributed by atoms with van der Waals surface area (Å²) < 4.78 is 37.6. The van der Waals surface area contributed by atoms with Gasteiger partial charge < -0.3 is 10.5 Å². The van der Waals surface area contributed by atoms with Crippen LogP contribution >= 0.6 is 0 Å². The molecule has 0 bridgehead atoms. The molecule has 0 saturated heterocycles. The van der Waals surface area contributed by atoms with E-state index in [9.17, 15) is 13.2 Å². The molecule has 0 saturated carbocycles. The van der Waals surface area contributed by atoms with Gasteiger partial charge in [0.25, 0.3) is 0 Å². The average Bonchev–Trinajstić information content (AvgIpc) is 2.01. The number of nitrogens with two attached hydrogens (primary N) is 1. The van der Waals surface area contributed by atoms with Crippen LogP contribution in [0.2, 0.25) is 0 Å². The highest BCUT2D eigenvalue weighted by Crippen LogP contribution is 2.20. The first-order valence-corrected chi connectivity index (χ1v) is 3.27. The van der Waals surface area contributed by atoms with Gasteiger partial charge in [-0.3, -0.25) is 0 Å². The van der Waals surface area contributed by atoms with Crippen molar-refractivity contribution in [2.45, 2.75) is 6.36 Å². The van der Waals surface area contributed by atoms with Crippen molar-refractivity contribution in [2.24, 2.45) is 5.73 Å². The highest BCUT2D eigenvalue weighted by Gasteiger charge is 2.30. The third-order valence-electron chi connectivity index (χ3n) is 0.665. The highest BCUT2D eigenvalue weighted by molar-refractivity contribution is 5.12. The second-order valence-electron chi connectivity index (χ2n) is 1.61. The van der Waals surface area contributed by atoms with E-state index in [2.05, 4.69) is 23.6 Å². The maximum absolute atomic E-state index is 11.4. The fourth-order valence-corrected chi connectivity index (χ4v) is 0.358. The minimum absolute atomic E-state index is 0.461. The predicted octanol–water partition coefficient (Wildman–Crippen LogP) is 2.35. The zero-order valence-corrected chi connectivity index (χ0v) is 7.27. The first-order chi connectivity index (χ1) is 5.95. The number of hydrogen-bond acceptors (Lipinski definition) is 2. The van der Waals surface area contributed by atoms with Crippen LogP contribution in [-0.4, -0.2) is 13.4 Å². The summed E-state index contributed by atoms with van der Waals surface area (Å²) in [5.74, 6) is -0.461. The largest absolute Gasteiger partial charge is 0.573 e. The molecule has 0 atom stereocenters. The lowest BCUT2D eigenvalue weighted by atomic mass is 10.4. The summed E-state index contributed by atoms with van der Waals surface area (Å²) >= 11 is 0. The van der Waals surface area contributed by atoms with Crippen molar-refractivity contribution in [3.63, 3.8) is 0 Å². The Morgan fingerprint density at radius 3 is 2.15 bits per heavy atom. The average molecular weight is 195 g/mol. The maximum Gasteiger partial charge on any atom is 0.573 e. The van der Waals surface area contributed by atoms with E-state index in [1.165, 1.54) is 19.2 Å². The molecular weight excluding hydrogens is 183 g/mol. The van der Waals surface area contributed by atoms with E-state index in [-0.39, 0.29) is 0 Å². The van der Waals surface area contributed by atoms with E-state index in [0.717, 1.165) is 6.08 Å². The first kappa shape index (κ1) is 14.3. The van der Waals surface area contributed by atoms with Crippen LogP contribution in [0.15, 0.2) is 37.1 Å². The van der Waals surface area contributed by atoms with Gasteiger partial charge >= 0.3 is 6.36 Å². The van der Waals surface area contributed by atoms with Crippen LogP contribution in [0.5, 0.6) is 0 Å². The van der Waals surface area contributed by atoms with E-state index in [0.29, 0.717) is 0 Å². The van der Waals surface area contributed by atoms with Gasteiger partial charge in [0.05, 0.1) is 0 Å². The monoisotopic (exact) mass is 195 g/mol. The van der Waals surface area contributed by atoms with Crippen molar-refractivity contribution < 1.29 is 17.9 Å². The Labute approximate surface area is 75.2 Å². The molecule has 0 heterocycles. The van der Waals surface area contributed by atoms with E-state index < -0.39 is 12.1 Å². The second kappa shape index (κ2) is 7.42.